The predicted molar refractivity (Wildman–Crippen MR) is 113 cm³/mol. The quantitative estimate of drug-likeness (QED) is 0.761. The molecule has 2 aliphatic heterocycles. The number of fused-ring (bicyclic) bond motifs is 1. The van der Waals surface area contributed by atoms with Crippen LogP contribution < -0.4 is 9.47 Å². The maximum atomic E-state index is 13.4. The standard InChI is InChI=1S/C23H23N3O5/c1-14-15(11-24)4-3-5-18(14)19-6-7-20(22-21(19)30-8-9-31-22)23(28)26-12-16(25-29-2)10-17(26)13-27/h3-7,17,27H,8-10,12-13H2,1-2H3/b25-16-/t17-/m0/s1. The molecule has 0 aromatic heterocycles. The van der Waals surface area contributed by atoms with E-state index in [9.17, 15) is 15.2 Å². The van der Waals surface area contributed by atoms with Gasteiger partial charge in [0.05, 0.1) is 42.1 Å². The number of oxime groups is 1. The number of nitriles is 1. The van der Waals surface area contributed by atoms with Crippen LogP contribution in [0.1, 0.15) is 27.9 Å². The molecule has 1 saturated heterocycles. The Labute approximate surface area is 180 Å². The van der Waals surface area contributed by atoms with Crippen LogP contribution in [-0.2, 0) is 4.84 Å². The molecule has 0 unspecified atom stereocenters. The molecular weight excluding hydrogens is 398 g/mol. The number of hydrogen-bond donors (Lipinski definition) is 1. The summed E-state index contributed by atoms with van der Waals surface area (Å²) in [5.41, 5.74) is 4.09. The number of carbonyl (C=O) groups excluding carboxylic acids is 1. The van der Waals surface area contributed by atoms with Gasteiger partial charge >= 0.3 is 0 Å². The number of ether oxygens (including phenoxy) is 2. The third-order valence-corrected chi connectivity index (χ3v) is 5.62. The highest BCUT2D eigenvalue weighted by atomic mass is 16.6. The molecule has 0 aliphatic carbocycles. The molecule has 1 amide bonds. The van der Waals surface area contributed by atoms with Crippen molar-refractivity contribution in [3.63, 3.8) is 0 Å². The van der Waals surface area contributed by atoms with E-state index in [0.717, 1.165) is 16.7 Å². The fourth-order valence-electron chi connectivity index (χ4n) is 4.09. The van der Waals surface area contributed by atoms with Gasteiger partial charge < -0.3 is 24.3 Å². The van der Waals surface area contributed by atoms with Crippen LogP contribution in [0.2, 0.25) is 0 Å². The lowest BCUT2D eigenvalue weighted by Crippen LogP contribution is -2.38. The molecular formula is C23H23N3O5. The molecule has 1 N–H and O–H groups in total. The van der Waals surface area contributed by atoms with Crippen LogP contribution in [0, 0.1) is 18.3 Å². The summed E-state index contributed by atoms with van der Waals surface area (Å²) < 4.78 is 11.8. The molecule has 8 heteroatoms. The Morgan fingerprint density at radius 2 is 2.03 bits per heavy atom. The van der Waals surface area contributed by atoms with Crippen LogP contribution >= 0.6 is 0 Å². The van der Waals surface area contributed by atoms with Crippen molar-refractivity contribution >= 4 is 11.6 Å². The van der Waals surface area contributed by atoms with Crippen molar-refractivity contribution in [3.8, 4) is 28.7 Å². The molecule has 4 rings (SSSR count). The van der Waals surface area contributed by atoms with Crippen molar-refractivity contribution in [2.45, 2.75) is 19.4 Å². The number of benzene rings is 2. The Bertz CT molecular complexity index is 1090. The highest BCUT2D eigenvalue weighted by molar-refractivity contribution is 6.03. The summed E-state index contributed by atoms with van der Waals surface area (Å²) >= 11 is 0. The Hall–Kier alpha value is -3.57. The normalized spacial score (nSPS) is 18.7. The summed E-state index contributed by atoms with van der Waals surface area (Å²) in [6.45, 7) is 2.68. The van der Waals surface area contributed by atoms with Gasteiger partial charge in [-0.3, -0.25) is 4.79 Å². The first-order valence-electron chi connectivity index (χ1n) is 10.0. The van der Waals surface area contributed by atoms with Gasteiger partial charge in [-0.2, -0.15) is 5.26 Å². The molecule has 2 heterocycles. The first-order valence-corrected chi connectivity index (χ1v) is 10.0. The fourth-order valence-corrected chi connectivity index (χ4v) is 4.09. The lowest BCUT2D eigenvalue weighted by atomic mass is 9.94. The first kappa shape index (κ1) is 20.7. The van der Waals surface area contributed by atoms with Crippen LogP contribution in [0.4, 0.5) is 0 Å². The molecule has 8 nitrogen and oxygen atoms in total. The van der Waals surface area contributed by atoms with E-state index in [0.29, 0.717) is 48.0 Å². The largest absolute Gasteiger partial charge is 0.485 e. The molecule has 1 atom stereocenters. The van der Waals surface area contributed by atoms with E-state index >= 15 is 0 Å². The number of carbonyl (C=O) groups is 1. The summed E-state index contributed by atoms with van der Waals surface area (Å²) in [5, 5.41) is 23.1. The number of nitrogens with zero attached hydrogens (tertiary/aromatic N) is 3. The molecule has 160 valence electrons. The molecule has 0 bridgehead atoms. The lowest BCUT2D eigenvalue weighted by molar-refractivity contribution is 0.0670. The van der Waals surface area contributed by atoms with Gasteiger partial charge in [0.2, 0.25) is 0 Å². The van der Waals surface area contributed by atoms with Gasteiger partial charge in [0.25, 0.3) is 5.91 Å². The van der Waals surface area contributed by atoms with Crippen molar-refractivity contribution in [1.82, 2.24) is 4.90 Å². The first-order chi connectivity index (χ1) is 15.1. The molecule has 0 spiro atoms. The molecule has 0 saturated carbocycles. The van der Waals surface area contributed by atoms with E-state index in [1.165, 1.54) is 7.11 Å². The van der Waals surface area contributed by atoms with Crippen LogP contribution in [0.25, 0.3) is 11.1 Å². The summed E-state index contributed by atoms with van der Waals surface area (Å²) in [5.74, 6) is 0.598. The summed E-state index contributed by atoms with van der Waals surface area (Å²) in [4.78, 5) is 19.8. The average molecular weight is 421 g/mol. The van der Waals surface area contributed by atoms with Gasteiger partial charge in [0.15, 0.2) is 11.5 Å². The Morgan fingerprint density at radius 3 is 2.74 bits per heavy atom. The van der Waals surface area contributed by atoms with Crippen molar-refractivity contribution < 1.29 is 24.2 Å². The van der Waals surface area contributed by atoms with Crippen molar-refractivity contribution in [2.24, 2.45) is 5.16 Å². The topological polar surface area (TPSA) is 104 Å². The van der Waals surface area contributed by atoms with Gasteiger partial charge in [-0.15, -0.1) is 0 Å². The molecule has 31 heavy (non-hydrogen) atoms. The van der Waals surface area contributed by atoms with Gasteiger partial charge in [0, 0.05) is 12.0 Å². The average Bonchev–Trinajstić information content (AvgIpc) is 3.21. The van der Waals surface area contributed by atoms with E-state index in [2.05, 4.69) is 11.2 Å². The Kier molecular flexibility index (Phi) is 5.78. The number of hydrogen-bond acceptors (Lipinski definition) is 7. The number of aliphatic hydroxyl groups excluding tert-OH is 1. The number of rotatable bonds is 4. The highest BCUT2D eigenvalue weighted by Crippen LogP contribution is 2.44. The van der Waals surface area contributed by atoms with Crippen LogP contribution in [0.3, 0.4) is 0 Å². The monoisotopic (exact) mass is 421 g/mol. The van der Waals surface area contributed by atoms with Crippen LogP contribution in [0.15, 0.2) is 35.5 Å². The maximum Gasteiger partial charge on any atom is 0.258 e. The number of amides is 1. The van der Waals surface area contributed by atoms with Crippen molar-refractivity contribution in [2.75, 3.05) is 33.5 Å². The molecule has 2 aromatic carbocycles. The van der Waals surface area contributed by atoms with Gasteiger partial charge in [-0.25, -0.2) is 0 Å². The third-order valence-electron chi connectivity index (χ3n) is 5.62. The Balaban J connectivity index is 1.77. The molecule has 2 aromatic rings. The van der Waals surface area contributed by atoms with E-state index < -0.39 is 0 Å². The van der Waals surface area contributed by atoms with Gasteiger partial charge in [-0.1, -0.05) is 17.3 Å². The van der Waals surface area contributed by atoms with E-state index in [1.54, 1.807) is 17.0 Å². The number of aliphatic hydroxyl groups is 1. The summed E-state index contributed by atoms with van der Waals surface area (Å²) in [6, 6.07) is 10.9. The van der Waals surface area contributed by atoms with Crippen LogP contribution in [-0.4, -0.2) is 61.1 Å². The van der Waals surface area contributed by atoms with Crippen LogP contribution in [0.5, 0.6) is 11.5 Å². The zero-order valence-electron chi connectivity index (χ0n) is 17.4. The predicted octanol–water partition coefficient (Wildman–Crippen LogP) is 2.51. The second-order valence-electron chi connectivity index (χ2n) is 7.42. The van der Waals surface area contributed by atoms with Crippen molar-refractivity contribution in [1.29, 1.82) is 5.26 Å². The van der Waals surface area contributed by atoms with Crippen molar-refractivity contribution in [3.05, 3.63) is 47.0 Å². The van der Waals surface area contributed by atoms with E-state index in [-0.39, 0.29) is 25.1 Å². The SMILES string of the molecule is CO/N=C1/C[C@@H](CO)N(C(=O)c2ccc(-c3cccc(C#N)c3C)c3c2OCCO3)C1. The third kappa shape index (κ3) is 3.68. The minimum Gasteiger partial charge on any atom is -0.485 e. The molecule has 1 fully saturated rings. The lowest BCUT2D eigenvalue weighted by Gasteiger charge is -2.27. The van der Waals surface area contributed by atoms with E-state index in [4.69, 9.17) is 14.3 Å². The Morgan fingerprint density at radius 1 is 1.26 bits per heavy atom. The highest BCUT2D eigenvalue weighted by Gasteiger charge is 2.36. The van der Waals surface area contributed by atoms with Gasteiger partial charge in [-0.05, 0) is 36.2 Å². The smallest absolute Gasteiger partial charge is 0.258 e. The minimum atomic E-state index is -0.379. The molecule has 2 aliphatic rings. The fraction of sp³-hybridized carbons (Fsp3) is 0.348. The molecule has 0 radical (unpaired) electrons. The van der Waals surface area contributed by atoms with E-state index in [1.807, 2.05) is 25.1 Å². The zero-order chi connectivity index (χ0) is 22.0. The number of likely N-dealkylation sites (tertiary alicyclic amines) is 1. The summed E-state index contributed by atoms with van der Waals surface area (Å²) in [6.07, 6.45) is 0.452. The minimum absolute atomic E-state index is 0.174. The zero-order valence-corrected chi connectivity index (χ0v) is 17.4. The summed E-state index contributed by atoms with van der Waals surface area (Å²) in [7, 11) is 1.45. The van der Waals surface area contributed by atoms with Gasteiger partial charge in [0.1, 0.15) is 20.3 Å². The second-order valence-corrected chi connectivity index (χ2v) is 7.42. The second kappa shape index (κ2) is 8.66. The maximum absolute atomic E-state index is 13.4.